The molecule has 0 aliphatic rings. The molecule has 0 atom stereocenters. The van der Waals surface area contributed by atoms with Crippen LogP contribution in [0, 0.1) is 22.9 Å². The second kappa shape index (κ2) is 5.43. The molecule has 0 radical (unpaired) electrons. The van der Waals surface area contributed by atoms with Crippen molar-refractivity contribution in [2.24, 2.45) is 0 Å². The fourth-order valence-corrected chi connectivity index (χ4v) is 1.59. The van der Waals surface area contributed by atoms with E-state index in [0.717, 1.165) is 23.3 Å². The van der Waals surface area contributed by atoms with E-state index in [0.29, 0.717) is 0 Å². The summed E-state index contributed by atoms with van der Waals surface area (Å²) in [7, 11) is 0. The molecule has 0 fully saturated rings. The van der Waals surface area contributed by atoms with E-state index < -0.39 is 16.4 Å². The predicted octanol–water partition coefficient (Wildman–Crippen LogP) is 3.02. The van der Waals surface area contributed by atoms with Crippen molar-refractivity contribution in [1.29, 1.82) is 0 Å². The summed E-state index contributed by atoms with van der Waals surface area (Å²) in [5.74, 6) is -0.672. The second-order valence-electron chi connectivity index (χ2n) is 4.03. The van der Waals surface area contributed by atoms with Crippen molar-refractivity contribution < 1.29 is 14.1 Å². The monoisotopic (exact) mass is 262 g/mol. The van der Waals surface area contributed by atoms with Crippen LogP contribution in [0.4, 0.5) is 10.1 Å². The van der Waals surface area contributed by atoms with Crippen LogP contribution in [0.25, 0.3) is 0 Å². The predicted molar refractivity (Wildman–Crippen MR) is 66.4 cm³/mol. The summed E-state index contributed by atoms with van der Waals surface area (Å²) < 4.78 is 18.7. The Bertz CT molecular complexity index is 617. The van der Waals surface area contributed by atoms with E-state index in [4.69, 9.17) is 4.74 Å². The molecule has 19 heavy (non-hydrogen) atoms. The van der Waals surface area contributed by atoms with Crippen LogP contribution >= 0.6 is 0 Å². The first-order valence-corrected chi connectivity index (χ1v) is 5.53. The lowest BCUT2D eigenvalue weighted by atomic mass is 10.2. The number of hydrogen-bond donors (Lipinski definition) is 0. The lowest BCUT2D eigenvalue weighted by Crippen LogP contribution is -1.98. The largest absolute Gasteiger partial charge is 0.489 e. The third-order valence-corrected chi connectivity index (χ3v) is 2.45. The van der Waals surface area contributed by atoms with Gasteiger partial charge in [0.1, 0.15) is 12.4 Å². The number of halogens is 1. The highest BCUT2D eigenvalue weighted by Gasteiger charge is 2.14. The van der Waals surface area contributed by atoms with Crippen LogP contribution in [0.1, 0.15) is 11.1 Å². The molecule has 6 heteroatoms. The summed E-state index contributed by atoms with van der Waals surface area (Å²) in [6.45, 7) is 2.13. The second-order valence-corrected chi connectivity index (χ2v) is 4.03. The zero-order valence-electron chi connectivity index (χ0n) is 10.2. The van der Waals surface area contributed by atoms with Crippen LogP contribution in [-0.4, -0.2) is 9.91 Å². The number of benzene rings is 1. The van der Waals surface area contributed by atoms with Gasteiger partial charge in [-0.05, 0) is 24.6 Å². The number of aromatic nitrogens is 1. The Balaban J connectivity index is 2.08. The van der Waals surface area contributed by atoms with Crippen molar-refractivity contribution in [3.05, 3.63) is 63.7 Å². The lowest BCUT2D eigenvalue weighted by Gasteiger charge is -2.06. The van der Waals surface area contributed by atoms with Crippen molar-refractivity contribution in [1.82, 2.24) is 4.98 Å². The molecule has 1 aromatic heterocycles. The van der Waals surface area contributed by atoms with Gasteiger partial charge < -0.3 is 4.74 Å². The van der Waals surface area contributed by atoms with Crippen LogP contribution < -0.4 is 4.74 Å². The van der Waals surface area contributed by atoms with Gasteiger partial charge in [0.2, 0.25) is 5.82 Å². The number of pyridine rings is 1. The van der Waals surface area contributed by atoms with Crippen LogP contribution in [0.15, 0.2) is 36.7 Å². The molecule has 98 valence electrons. The van der Waals surface area contributed by atoms with Gasteiger partial charge in [0.15, 0.2) is 0 Å². The van der Waals surface area contributed by atoms with Crippen LogP contribution in [-0.2, 0) is 6.61 Å². The Labute approximate surface area is 108 Å². The van der Waals surface area contributed by atoms with Gasteiger partial charge in [0, 0.05) is 30.1 Å². The molecule has 1 heterocycles. The van der Waals surface area contributed by atoms with E-state index in [-0.39, 0.29) is 12.4 Å². The molecule has 0 N–H and O–H groups in total. The Hall–Kier alpha value is -2.50. The standard InChI is InChI=1S/C13H11FN2O3/c1-9-4-10(7-15-6-9)8-19-11-2-3-13(16(17)18)12(14)5-11/h2-7H,8H2,1H3. The highest BCUT2D eigenvalue weighted by Crippen LogP contribution is 2.22. The molecule has 0 aliphatic carbocycles. The van der Waals surface area contributed by atoms with Crippen LogP contribution in [0.3, 0.4) is 0 Å². The molecule has 2 aromatic rings. The molecule has 1 aromatic carbocycles. The fourth-order valence-electron chi connectivity index (χ4n) is 1.59. The maximum atomic E-state index is 13.4. The van der Waals surface area contributed by atoms with Gasteiger partial charge in [0.25, 0.3) is 0 Å². The first-order chi connectivity index (χ1) is 9.06. The zero-order valence-corrected chi connectivity index (χ0v) is 10.2. The third kappa shape index (κ3) is 3.25. The molecule has 0 bridgehead atoms. The van der Waals surface area contributed by atoms with Gasteiger partial charge in [-0.15, -0.1) is 0 Å². The lowest BCUT2D eigenvalue weighted by molar-refractivity contribution is -0.387. The normalized spacial score (nSPS) is 10.2. The zero-order chi connectivity index (χ0) is 13.8. The van der Waals surface area contributed by atoms with Gasteiger partial charge in [-0.25, -0.2) is 0 Å². The van der Waals surface area contributed by atoms with E-state index in [1.165, 1.54) is 6.07 Å². The number of nitro benzene ring substituents is 1. The number of rotatable bonds is 4. The van der Waals surface area contributed by atoms with Crippen molar-refractivity contribution in [2.45, 2.75) is 13.5 Å². The van der Waals surface area contributed by atoms with Gasteiger partial charge in [-0.2, -0.15) is 4.39 Å². The first-order valence-electron chi connectivity index (χ1n) is 5.53. The van der Waals surface area contributed by atoms with Gasteiger partial charge in [-0.1, -0.05) is 0 Å². The van der Waals surface area contributed by atoms with Crippen molar-refractivity contribution in [3.63, 3.8) is 0 Å². The van der Waals surface area contributed by atoms with E-state index in [9.17, 15) is 14.5 Å². The summed E-state index contributed by atoms with van der Waals surface area (Å²) in [5.41, 5.74) is 1.28. The maximum absolute atomic E-state index is 13.4. The van der Waals surface area contributed by atoms with Crippen LogP contribution in [0.2, 0.25) is 0 Å². The Morgan fingerprint density at radius 3 is 2.79 bits per heavy atom. The molecular weight excluding hydrogens is 251 g/mol. The third-order valence-electron chi connectivity index (χ3n) is 2.45. The van der Waals surface area contributed by atoms with Crippen molar-refractivity contribution >= 4 is 5.69 Å². The number of nitro groups is 1. The molecule has 0 amide bonds. The number of nitrogens with zero attached hydrogens (tertiary/aromatic N) is 2. The minimum absolute atomic E-state index is 0.228. The molecule has 0 spiro atoms. The molecule has 0 saturated heterocycles. The molecule has 0 saturated carbocycles. The first kappa shape index (κ1) is 12.9. The fraction of sp³-hybridized carbons (Fsp3) is 0.154. The highest BCUT2D eigenvalue weighted by molar-refractivity contribution is 5.38. The SMILES string of the molecule is Cc1cncc(COc2ccc([N+](=O)[O-])c(F)c2)c1. The number of ether oxygens (including phenoxy) is 1. The van der Waals surface area contributed by atoms with E-state index in [2.05, 4.69) is 4.98 Å². The number of aryl methyl sites for hydroxylation is 1. The summed E-state index contributed by atoms with van der Waals surface area (Å²) >= 11 is 0. The summed E-state index contributed by atoms with van der Waals surface area (Å²) in [4.78, 5) is 13.7. The minimum Gasteiger partial charge on any atom is -0.489 e. The van der Waals surface area contributed by atoms with Crippen molar-refractivity contribution in [2.75, 3.05) is 0 Å². The topological polar surface area (TPSA) is 65.3 Å². The number of hydrogen-bond acceptors (Lipinski definition) is 4. The molecule has 2 rings (SSSR count). The summed E-state index contributed by atoms with van der Waals surface area (Å²) in [6, 6.07) is 5.35. The van der Waals surface area contributed by atoms with Gasteiger partial charge in [-0.3, -0.25) is 15.1 Å². The Morgan fingerprint density at radius 1 is 1.37 bits per heavy atom. The average molecular weight is 262 g/mol. The van der Waals surface area contributed by atoms with Crippen molar-refractivity contribution in [3.8, 4) is 5.75 Å². The van der Waals surface area contributed by atoms with E-state index in [1.807, 2.05) is 13.0 Å². The maximum Gasteiger partial charge on any atom is 0.305 e. The van der Waals surface area contributed by atoms with Gasteiger partial charge >= 0.3 is 5.69 Å². The molecule has 5 nitrogen and oxygen atoms in total. The van der Waals surface area contributed by atoms with E-state index in [1.54, 1.807) is 12.4 Å². The summed E-state index contributed by atoms with van der Waals surface area (Å²) in [5, 5.41) is 10.5. The molecule has 0 aliphatic heterocycles. The van der Waals surface area contributed by atoms with Gasteiger partial charge in [0.05, 0.1) is 4.92 Å². The quantitative estimate of drug-likeness (QED) is 0.627. The highest BCUT2D eigenvalue weighted by atomic mass is 19.1. The smallest absolute Gasteiger partial charge is 0.305 e. The summed E-state index contributed by atoms with van der Waals surface area (Å²) in [6.07, 6.45) is 3.36. The molecular formula is C13H11FN2O3. The Kier molecular flexibility index (Phi) is 3.70. The molecule has 0 unspecified atom stereocenters. The average Bonchev–Trinajstić information content (AvgIpc) is 2.36. The Morgan fingerprint density at radius 2 is 2.16 bits per heavy atom. The van der Waals surface area contributed by atoms with E-state index >= 15 is 0 Å². The van der Waals surface area contributed by atoms with Crippen LogP contribution in [0.5, 0.6) is 5.75 Å². The minimum atomic E-state index is -0.912.